The molecule has 1 N–H and O–H groups in total. The maximum atomic E-state index is 13.5. The van der Waals surface area contributed by atoms with Crippen molar-refractivity contribution in [1.82, 2.24) is 9.78 Å². The van der Waals surface area contributed by atoms with Crippen molar-refractivity contribution in [2.75, 3.05) is 0 Å². The summed E-state index contributed by atoms with van der Waals surface area (Å²) in [7, 11) is 0. The number of benzene rings is 2. The molecule has 160 valence electrons. The van der Waals surface area contributed by atoms with E-state index >= 15 is 0 Å². The number of aliphatic imine (C=N–C) groups is 1. The molecular formula is C24H26N4O3. The van der Waals surface area contributed by atoms with Gasteiger partial charge in [0.25, 0.3) is 11.2 Å². The molecule has 1 aromatic heterocycles. The first-order valence-corrected chi connectivity index (χ1v) is 10.7. The zero-order valence-corrected chi connectivity index (χ0v) is 17.6. The molecular weight excluding hydrogens is 392 g/mol. The molecule has 0 saturated heterocycles. The van der Waals surface area contributed by atoms with Gasteiger partial charge in [0.2, 0.25) is 0 Å². The Morgan fingerprint density at radius 2 is 1.68 bits per heavy atom. The summed E-state index contributed by atoms with van der Waals surface area (Å²) in [6.07, 6.45) is 6.95. The lowest BCUT2D eigenvalue weighted by Crippen LogP contribution is -2.20. The molecule has 0 atom stereocenters. The van der Waals surface area contributed by atoms with Gasteiger partial charge in [-0.3, -0.25) is 25.0 Å². The van der Waals surface area contributed by atoms with Gasteiger partial charge in [0.05, 0.1) is 27.9 Å². The Balaban J connectivity index is 1.81. The largest absolute Gasteiger partial charge is 0.290 e. The lowest BCUT2D eigenvalue weighted by molar-refractivity contribution is -0.384. The van der Waals surface area contributed by atoms with Gasteiger partial charge in [-0.15, -0.1) is 0 Å². The normalized spacial score (nSPS) is 15.6. The molecule has 0 bridgehead atoms. The first-order chi connectivity index (χ1) is 15.0. The van der Waals surface area contributed by atoms with Crippen LogP contribution in [0.4, 0.5) is 5.69 Å². The molecule has 0 unspecified atom stereocenters. The molecule has 0 radical (unpaired) electrons. The minimum Gasteiger partial charge on any atom is -0.290 e. The molecule has 0 amide bonds. The van der Waals surface area contributed by atoms with Crippen LogP contribution >= 0.6 is 0 Å². The Bertz CT molecular complexity index is 1140. The quantitative estimate of drug-likeness (QED) is 0.265. The Morgan fingerprint density at radius 1 is 1.03 bits per heavy atom. The second kappa shape index (κ2) is 9.12. The van der Waals surface area contributed by atoms with Crippen LogP contribution in [0.3, 0.4) is 0 Å². The van der Waals surface area contributed by atoms with Crippen molar-refractivity contribution >= 4 is 11.4 Å². The van der Waals surface area contributed by atoms with Crippen molar-refractivity contribution in [1.29, 1.82) is 0 Å². The fourth-order valence-electron chi connectivity index (χ4n) is 4.22. The van der Waals surface area contributed by atoms with Crippen LogP contribution in [0.1, 0.15) is 51.0 Å². The summed E-state index contributed by atoms with van der Waals surface area (Å²) in [5.74, 6) is 0. The van der Waals surface area contributed by atoms with Gasteiger partial charge in [0.1, 0.15) is 0 Å². The maximum Gasteiger partial charge on any atom is 0.280 e. The van der Waals surface area contributed by atoms with Crippen LogP contribution in [-0.2, 0) is 0 Å². The molecule has 7 heteroatoms. The molecule has 1 aliphatic rings. The standard InChI is InChI=1S/C24H26N4O3/c1-17(25-19-11-7-2-3-8-12-19)22-23(18-9-5-4-6-10-18)26-27(24(22)29)20-13-15-21(16-14-20)28(30)31/h4-6,9-10,13-16,19,26H,2-3,7-8,11-12H2,1H3. The molecule has 31 heavy (non-hydrogen) atoms. The number of nitro groups is 1. The number of rotatable bonds is 5. The smallest absolute Gasteiger partial charge is 0.280 e. The Kier molecular flexibility index (Phi) is 6.11. The summed E-state index contributed by atoms with van der Waals surface area (Å²) < 4.78 is 1.44. The molecule has 0 aliphatic heterocycles. The summed E-state index contributed by atoms with van der Waals surface area (Å²) in [5.41, 5.74) is 3.20. The average Bonchev–Trinajstić information content (AvgIpc) is 2.94. The van der Waals surface area contributed by atoms with Crippen LogP contribution in [0.5, 0.6) is 0 Å². The first kappa shape index (κ1) is 20.8. The van der Waals surface area contributed by atoms with Gasteiger partial charge in [0, 0.05) is 23.4 Å². The number of non-ortho nitro benzene ring substituents is 1. The van der Waals surface area contributed by atoms with Crippen LogP contribution < -0.4 is 5.56 Å². The summed E-state index contributed by atoms with van der Waals surface area (Å²) in [5, 5.41) is 14.2. The van der Waals surface area contributed by atoms with Gasteiger partial charge in [-0.1, -0.05) is 56.0 Å². The number of hydrogen-bond donors (Lipinski definition) is 1. The molecule has 0 spiro atoms. The maximum absolute atomic E-state index is 13.5. The van der Waals surface area contributed by atoms with E-state index in [0.29, 0.717) is 16.9 Å². The van der Waals surface area contributed by atoms with Crippen molar-refractivity contribution < 1.29 is 4.92 Å². The fourth-order valence-corrected chi connectivity index (χ4v) is 4.22. The summed E-state index contributed by atoms with van der Waals surface area (Å²) in [4.78, 5) is 28.9. The van der Waals surface area contributed by atoms with E-state index in [1.807, 2.05) is 37.3 Å². The molecule has 1 heterocycles. The highest BCUT2D eigenvalue weighted by molar-refractivity contribution is 6.03. The zero-order valence-electron chi connectivity index (χ0n) is 17.6. The SMILES string of the molecule is CC(=NC1CCCCCC1)c1c(-c2ccccc2)[nH]n(-c2ccc([N+](=O)[O-])cc2)c1=O. The molecule has 1 saturated carbocycles. The third-order valence-corrected chi connectivity index (χ3v) is 5.83. The van der Waals surface area contributed by atoms with Gasteiger partial charge in [-0.25, -0.2) is 4.68 Å². The summed E-state index contributed by atoms with van der Waals surface area (Å²) in [6, 6.07) is 15.9. The van der Waals surface area contributed by atoms with Crippen molar-refractivity contribution in [3.05, 3.63) is 80.6 Å². The van der Waals surface area contributed by atoms with E-state index in [-0.39, 0.29) is 17.3 Å². The predicted molar refractivity (Wildman–Crippen MR) is 122 cm³/mol. The molecule has 2 aromatic carbocycles. The number of H-pyrrole nitrogens is 1. The van der Waals surface area contributed by atoms with Gasteiger partial charge in [-0.05, 0) is 31.9 Å². The summed E-state index contributed by atoms with van der Waals surface area (Å²) >= 11 is 0. The van der Waals surface area contributed by atoms with Gasteiger partial charge in [0.15, 0.2) is 0 Å². The van der Waals surface area contributed by atoms with Gasteiger partial charge in [-0.2, -0.15) is 0 Å². The summed E-state index contributed by atoms with van der Waals surface area (Å²) in [6.45, 7) is 1.90. The Morgan fingerprint density at radius 3 is 2.29 bits per heavy atom. The van der Waals surface area contributed by atoms with E-state index < -0.39 is 4.92 Å². The number of hydrogen-bond acceptors (Lipinski definition) is 4. The number of aromatic amines is 1. The lowest BCUT2D eigenvalue weighted by atomic mass is 10.0. The van der Waals surface area contributed by atoms with Crippen LogP contribution in [0.25, 0.3) is 16.9 Å². The van der Waals surface area contributed by atoms with E-state index in [1.165, 1.54) is 42.5 Å². The highest BCUT2D eigenvalue weighted by Crippen LogP contribution is 2.24. The van der Waals surface area contributed by atoms with Crippen molar-refractivity contribution in [2.45, 2.75) is 51.5 Å². The van der Waals surface area contributed by atoms with Gasteiger partial charge < -0.3 is 0 Å². The van der Waals surface area contributed by atoms with Crippen LogP contribution in [0.15, 0.2) is 64.4 Å². The number of nitro benzene ring substituents is 1. The Labute approximate surface area is 180 Å². The van der Waals surface area contributed by atoms with Crippen molar-refractivity contribution in [3.8, 4) is 16.9 Å². The van der Waals surface area contributed by atoms with Crippen molar-refractivity contribution in [3.63, 3.8) is 0 Å². The van der Waals surface area contributed by atoms with Crippen LogP contribution in [0.2, 0.25) is 0 Å². The predicted octanol–water partition coefficient (Wildman–Crippen LogP) is 5.27. The molecule has 7 nitrogen and oxygen atoms in total. The molecule has 4 rings (SSSR count). The number of nitrogens with zero attached hydrogens (tertiary/aromatic N) is 3. The number of aromatic nitrogens is 2. The van der Waals surface area contributed by atoms with Crippen LogP contribution in [-0.4, -0.2) is 26.5 Å². The van der Waals surface area contributed by atoms with E-state index in [1.54, 1.807) is 12.1 Å². The minimum atomic E-state index is -0.453. The monoisotopic (exact) mass is 418 g/mol. The Hall–Kier alpha value is -3.48. The van der Waals surface area contributed by atoms with E-state index in [0.717, 1.165) is 24.1 Å². The van der Waals surface area contributed by atoms with Crippen LogP contribution in [0, 0.1) is 10.1 Å². The van der Waals surface area contributed by atoms with E-state index in [4.69, 9.17) is 4.99 Å². The third-order valence-electron chi connectivity index (χ3n) is 5.83. The average molecular weight is 418 g/mol. The first-order valence-electron chi connectivity index (χ1n) is 10.7. The molecule has 1 aliphatic carbocycles. The minimum absolute atomic E-state index is 0.0158. The number of nitrogens with one attached hydrogen (secondary N) is 1. The van der Waals surface area contributed by atoms with E-state index in [2.05, 4.69) is 5.10 Å². The van der Waals surface area contributed by atoms with Gasteiger partial charge >= 0.3 is 0 Å². The topological polar surface area (TPSA) is 93.3 Å². The fraction of sp³-hybridized carbons (Fsp3) is 0.333. The second-order valence-electron chi connectivity index (χ2n) is 8.00. The zero-order chi connectivity index (χ0) is 21.8. The van der Waals surface area contributed by atoms with Crippen molar-refractivity contribution in [2.24, 2.45) is 4.99 Å². The third kappa shape index (κ3) is 4.50. The highest BCUT2D eigenvalue weighted by atomic mass is 16.6. The molecule has 1 fully saturated rings. The highest BCUT2D eigenvalue weighted by Gasteiger charge is 2.21. The lowest BCUT2D eigenvalue weighted by Gasteiger charge is -2.10. The molecule has 3 aromatic rings. The second-order valence-corrected chi connectivity index (χ2v) is 8.00. The van der Waals surface area contributed by atoms with E-state index in [9.17, 15) is 14.9 Å².